The van der Waals surface area contributed by atoms with Crippen molar-refractivity contribution in [2.75, 3.05) is 36.7 Å². The van der Waals surface area contributed by atoms with Gasteiger partial charge in [-0.25, -0.2) is 21.2 Å². The lowest BCUT2D eigenvalue weighted by molar-refractivity contribution is -0.118. The Kier molecular flexibility index (Phi) is 7.15. The van der Waals surface area contributed by atoms with E-state index in [4.69, 9.17) is 0 Å². The van der Waals surface area contributed by atoms with E-state index in [0.29, 0.717) is 11.1 Å². The number of sulfonamides is 1. The van der Waals surface area contributed by atoms with Crippen molar-refractivity contribution in [3.8, 4) is 11.1 Å². The molecule has 0 spiro atoms. The Hall–Kier alpha value is -3.80. The highest BCUT2D eigenvalue weighted by Gasteiger charge is 2.37. The van der Waals surface area contributed by atoms with Gasteiger partial charge in [-0.2, -0.15) is 4.72 Å². The predicted octanol–water partition coefficient (Wildman–Crippen LogP) is 4.20. The van der Waals surface area contributed by atoms with Crippen LogP contribution in [0.2, 0.25) is 0 Å². The van der Waals surface area contributed by atoms with Gasteiger partial charge in [0.25, 0.3) is 0 Å². The van der Waals surface area contributed by atoms with E-state index in [2.05, 4.69) is 4.72 Å². The van der Waals surface area contributed by atoms with E-state index in [0.717, 1.165) is 22.7 Å². The summed E-state index contributed by atoms with van der Waals surface area (Å²) in [4.78, 5) is 16.4. The van der Waals surface area contributed by atoms with Crippen LogP contribution in [0.5, 0.6) is 0 Å². The number of hydrogen-bond donors (Lipinski definition) is 1. The van der Waals surface area contributed by atoms with Crippen LogP contribution in [-0.4, -0.2) is 55.7 Å². The molecule has 1 unspecified atom stereocenters. The molecule has 4 aromatic carbocycles. The van der Waals surface area contributed by atoms with E-state index in [1.807, 2.05) is 37.2 Å². The van der Waals surface area contributed by atoms with Crippen LogP contribution in [0.4, 0.5) is 15.8 Å². The summed E-state index contributed by atoms with van der Waals surface area (Å²) >= 11 is 0. The smallest absolute Gasteiger partial charge is 0.245 e. The summed E-state index contributed by atoms with van der Waals surface area (Å²) in [5, 5.41) is 1.62. The van der Waals surface area contributed by atoms with Gasteiger partial charge in [-0.1, -0.05) is 36.4 Å². The Morgan fingerprint density at radius 3 is 2.30 bits per heavy atom. The fraction of sp³-hybridized carbons (Fsp3) is 0.207. The monoisotopic (exact) mass is 581 g/mol. The van der Waals surface area contributed by atoms with E-state index in [-0.39, 0.29) is 28.4 Å². The highest BCUT2D eigenvalue weighted by molar-refractivity contribution is 7.91. The largest absolute Gasteiger partial charge is 0.378 e. The van der Waals surface area contributed by atoms with E-state index in [1.54, 1.807) is 36.4 Å². The predicted molar refractivity (Wildman–Crippen MR) is 154 cm³/mol. The third-order valence-corrected chi connectivity index (χ3v) is 9.59. The zero-order valence-corrected chi connectivity index (χ0v) is 23.8. The van der Waals surface area contributed by atoms with Crippen LogP contribution in [0, 0.1) is 5.82 Å². The lowest BCUT2D eigenvalue weighted by Crippen LogP contribution is -2.41. The number of hydrogen-bond acceptors (Lipinski definition) is 6. The van der Waals surface area contributed by atoms with Gasteiger partial charge < -0.3 is 9.80 Å². The fourth-order valence-corrected chi connectivity index (χ4v) is 7.03. The summed E-state index contributed by atoms with van der Waals surface area (Å²) < 4.78 is 68.4. The van der Waals surface area contributed by atoms with Crippen molar-refractivity contribution < 1.29 is 26.0 Å². The van der Waals surface area contributed by atoms with E-state index in [1.165, 1.54) is 29.2 Å². The van der Waals surface area contributed by atoms with Crippen molar-refractivity contribution in [1.82, 2.24) is 4.72 Å². The van der Waals surface area contributed by atoms with Crippen LogP contribution < -0.4 is 14.5 Å². The molecule has 1 amide bonds. The number of carbonyl (C=O) groups is 1. The first kappa shape index (κ1) is 27.8. The molecule has 208 valence electrons. The summed E-state index contributed by atoms with van der Waals surface area (Å²) in [5.41, 5.74) is 1.68. The number of amides is 1. The molecule has 0 aromatic heterocycles. The fourth-order valence-electron chi connectivity index (χ4n) is 4.86. The van der Waals surface area contributed by atoms with Crippen molar-refractivity contribution in [3.05, 3.63) is 84.7 Å². The number of nitrogens with zero attached hydrogens (tertiary/aromatic N) is 2. The molecule has 4 aromatic rings. The molecule has 1 aliphatic rings. The van der Waals surface area contributed by atoms with Gasteiger partial charge in [0.2, 0.25) is 15.9 Å². The zero-order valence-electron chi connectivity index (χ0n) is 22.1. The topological polar surface area (TPSA) is 104 Å². The third-order valence-electron chi connectivity index (χ3n) is 6.96. The standard InChI is InChI=1S/C29H28FN3O5S2/c1-32(2)22-11-8-20-17-23(12-9-19(20)16-22)40(37,38)31-26-14-15-33(29(26)34)27-13-10-21(18-25(27)30)24-6-4-5-7-28(24)39(3,35)36/h4-13,16-18,26,31H,14-15H2,1-3H3. The average Bonchev–Trinajstić information content (AvgIpc) is 3.26. The molecule has 1 atom stereocenters. The second kappa shape index (κ2) is 10.3. The zero-order chi connectivity index (χ0) is 28.8. The van der Waals surface area contributed by atoms with Gasteiger partial charge in [0.05, 0.1) is 15.5 Å². The van der Waals surface area contributed by atoms with Crippen molar-refractivity contribution in [2.45, 2.75) is 22.3 Å². The highest BCUT2D eigenvalue weighted by Crippen LogP contribution is 2.33. The Bertz CT molecular complexity index is 1860. The van der Waals surface area contributed by atoms with E-state index in [9.17, 15) is 21.6 Å². The van der Waals surface area contributed by atoms with Crippen molar-refractivity contribution >= 4 is 47.9 Å². The SMILES string of the molecule is CN(C)c1ccc2cc(S(=O)(=O)NC3CCN(c4ccc(-c5ccccc5S(C)(=O)=O)cc4F)C3=O)ccc2c1. The summed E-state index contributed by atoms with van der Waals surface area (Å²) in [6.45, 7) is 0.118. The highest BCUT2D eigenvalue weighted by atomic mass is 32.2. The molecule has 5 rings (SSSR count). The van der Waals surface area contributed by atoms with Crippen LogP contribution >= 0.6 is 0 Å². The van der Waals surface area contributed by atoms with E-state index < -0.39 is 37.6 Å². The second-order valence-corrected chi connectivity index (χ2v) is 13.7. The first-order valence-electron chi connectivity index (χ1n) is 12.5. The number of anilines is 2. The molecule has 1 N–H and O–H groups in total. The quantitative estimate of drug-likeness (QED) is 0.351. The minimum absolute atomic E-state index is 0.00492. The van der Waals surface area contributed by atoms with Gasteiger partial charge in [-0.3, -0.25) is 4.79 Å². The molecule has 1 heterocycles. The number of fused-ring (bicyclic) bond motifs is 1. The molecule has 1 aliphatic heterocycles. The van der Waals surface area contributed by atoms with Crippen molar-refractivity contribution in [1.29, 1.82) is 0 Å². The van der Waals surface area contributed by atoms with Crippen LogP contribution in [0.3, 0.4) is 0 Å². The maximum atomic E-state index is 15.3. The number of sulfone groups is 1. The van der Waals surface area contributed by atoms with Gasteiger partial charge in [-0.05, 0) is 65.2 Å². The first-order valence-corrected chi connectivity index (χ1v) is 15.9. The van der Waals surface area contributed by atoms with Gasteiger partial charge >= 0.3 is 0 Å². The maximum absolute atomic E-state index is 15.3. The summed E-state index contributed by atoms with van der Waals surface area (Å²) in [6, 6.07) is 19.8. The molecule has 40 heavy (non-hydrogen) atoms. The maximum Gasteiger partial charge on any atom is 0.245 e. The first-order chi connectivity index (χ1) is 18.8. The average molecular weight is 582 g/mol. The molecular formula is C29H28FN3O5S2. The van der Waals surface area contributed by atoms with Crippen LogP contribution in [-0.2, 0) is 24.7 Å². The second-order valence-electron chi connectivity index (χ2n) is 9.97. The molecule has 0 radical (unpaired) electrons. The number of benzene rings is 4. The number of rotatable bonds is 7. The van der Waals surface area contributed by atoms with Crippen LogP contribution in [0.25, 0.3) is 21.9 Å². The number of carbonyl (C=O) groups excluding carboxylic acids is 1. The number of nitrogens with one attached hydrogen (secondary N) is 1. The Balaban J connectivity index is 1.36. The van der Waals surface area contributed by atoms with Crippen LogP contribution in [0.1, 0.15) is 6.42 Å². The molecular weight excluding hydrogens is 553 g/mol. The molecule has 0 saturated carbocycles. The van der Waals surface area contributed by atoms with Gasteiger partial charge in [0.15, 0.2) is 9.84 Å². The van der Waals surface area contributed by atoms with Crippen molar-refractivity contribution in [2.24, 2.45) is 0 Å². The van der Waals surface area contributed by atoms with Gasteiger partial charge in [-0.15, -0.1) is 0 Å². The summed E-state index contributed by atoms with van der Waals surface area (Å²) in [7, 11) is -3.74. The lowest BCUT2D eigenvalue weighted by atomic mass is 10.0. The molecule has 0 bridgehead atoms. The Labute approximate surface area is 233 Å². The van der Waals surface area contributed by atoms with E-state index >= 15 is 4.39 Å². The van der Waals surface area contributed by atoms with Gasteiger partial charge in [0.1, 0.15) is 11.9 Å². The molecule has 1 saturated heterocycles. The molecule has 1 fully saturated rings. The molecule has 11 heteroatoms. The Morgan fingerprint density at radius 2 is 1.60 bits per heavy atom. The van der Waals surface area contributed by atoms with Crippen LogP contribution in [0.15, 0.2) is 88.7 Å². The van der Waals surface area contributed by atoms with Crippen molar-refractivity contribution in [3.63, 3.8) is 0 Å². The lowest BCUT2D eigenvalue weighted by Gasteiger charge is -2.19. The minimum atomic E-state index is -4.03. The normalized spacial score (nSPS) is 16.1. The molecule has 0 aliphatic carbocycles. The summed E-state index contributed by atoms with van der Waals surface area (Å²) in [6.07, 6.45) is 1.25. The summed E-state index contributed by atoms with van der Waals surface area (Å²) in [5.74, 6) is -1.28. The third kappa shape index (κ3) is 5.32. The molecule has 8 nitrogen and oxygen atoms in total. The Morgan fingerprint density at radius 1 is 0.900 bits per heavy atom. The number of halogens is 1. The van der Waals surface area contributed by atoms with Gasteiger partial charge in [0, 0.05) is 38.1 Å². The minimum Gasteiger partial charge on any atom is -0.378 e.